The first kappa shape index (κ1) is 16.4. The Morgan fingerprint density at radius 1 is 1.14 bits per heavy atom. The van der Waals surface area contributed by atoms with E-state index in [1.807, 2.05) is 31.2 Å². The molecule has 116 valence electrons. The van der Waals surface area contributed by atoms with Crippen LogP contribution in [0.3, 0.4) is 0 Å². The third kappa shape index (κ3) is 4.04. The minimum atomic E-state index is -0.188. The highest BCUT2D eigenvalue weighted by Gasteiger charge is 2.16. The largest absolute Gasteiger partial charge is 0.495 e. The number of aryl methyl sites for hydroxylation is 2. The van der Waals surface area contributed by atoms with Crippen molar-refractivity contribution in [1.29, 1.82) is 0 Å². The molecule has 0 unspecified atom stereocenters. The van der Waals surface area contributed by atoms with Gasteiger partial charge in [-0.15, -0.1) is 11.8 Å². The van der Waals surface area contributed by atoms with Crippen molar-refractivity contribution in [2.45, 2.75) is 30.9 Å². The van der Waals surface area contributed by atoms with Crippen molar-refractivity contribution in [2.75, 3.05) is 12.4 Å². The summed E-state index contributed by atoms with van der Waals surface area (Å²) in [6, 6.07) is 13.7. The zero-order valence-corrected chi connectivity index (χ0v) is 14.2. The fourth-order valence-corrected chi connectivity index (χ4v) is 2.99. The highest BCUT2D eigenvalue weighted by Crippen LogP contribution is 2.28. The molecule has 0 saturated carbocycles. The second-order valence-corrected chi connectivity index (χ2v) is 6.61. The minimum absolute atomic E-state index is 0.0345. The van der Waals surface area contributed by atoms with Crippen LogP contribution in [0.25, 0.3) is 0 Å². The molecule has 22 heavy (non-hydrogen) atoms. The van der Waals surface area contributed by atoms with Gasteiger partial charge in [0.05, 0.1) is 18.0 Å². The number of nitrogens with one attached hydrogen (secondary N) is 1. The fraction of sp³-hybridized carbons (Fsp3) is 0.278. The standard InChI is InChI=1S/C18H21NO2S/c1-12-9-10-15(11-13(12)2)22-14(3)18(20)19-16-7-5-6-8-17(16)21-4/h5-11,14H,1-4H3,(H,19,20)/t14-/m0/s1. The molecule has 1 amide bonds. The van der Waals surface area contributed by atoms with Crippen molar-refractivity contribution in [1.82, 2.24) is 0 Å². The van der Waals surface area contributed by atoms with Crippen LogP contribution in [-0.2, 0) is 4.79 Å². The Bertz CT molecular complexity index is 670. The van der Waals surface area contributed by atoms with Gasteiger partial charge in [-0.1, -0.05) is 18.2 Å². The molecule has 0 radical (unpaired) electrons. The molecule has 1 atom stereocenters. The second kappa shape index (κ2) is 7.36. The van der Waals surface area contributed by atoms with E-state index < -0.39 is 0 Å². The lowest BCUT2D eigenvalue weighted by Crippen LogP contribution is -2.22. The lowest BCUT2D eigenvalue weighted by molar-refractivity contribution is -0.115. The predicted octanol–water partition coefficient (Wildman–Crippen LogP) is 4.43. The molecule has 1 N–H and O–H groups in total. The van der Waals surface area contributed by atoms with Gasteiger partial charge in [0.2, 0.25) is 5.91 Å². The number of carbonyl (C=O) groups is 1. The molecule has 0 aliphatic heterocycles. The maximum Gasteiger partial charge on any atom is 0.237 e. The van der Waals surface area contributed by atoms with Gasteiger partial charge in [0.25, 0.3) is 0 Å². The highest BCUT2D eigenvalue weighted by atomic mass is 32.2. The Labute approximate surface area is 136 Å². The monoisotopic (exact) mass is 315 g/mol. The van der Waals surface area contributed by atoms with E-state index in [9.17, 15) is 4.79 Å². The van der Waals surface area contributed by atoms with Crippen molar-refractivity contribution in [2.24, 2.45) is 0 Å². The van der Waals surface area contributed by atoms with Crippen molar-refractivity contribution < 1.29 is 9.53 Å². The topological polar surface area (TPSA) is 38.3 Å². The summed E-state index contributed by atoms with van der Waals surface area (Å²) < 4.78 is 5.25. The van der Waals surface area contributed by atoms with Crippen LogP contribution in [-0.4, -0.2) is 18.3 Å². The van der Waals surface area contributed by atoms with E-state index >= 15 is 0 Å². The molecule has 0 heterocycles. The van der Waals surface area contributed by atoms with Crippen LogP contribution in [0.15, 0.2) is 47.4 Å². The zero-order valence-electron chi connectivity index (χ0n) is 13.3. The molecule has 4 heteroatoms. The lowest BCUT2D eigenvalue weighted by Gasteiger charge is -2.14. The van der Waals surface area contributed by atoms with E-state index in [4.69, 9.17) is 4.74 Å². The number of rotatable bonds is 5. The van der Waals surface area contributed by atoms with Gasteiger partial charge in [-0.25, -0.2) is 0 Å². The number of hydrogen-bond donors (Lipinski definition) is 1. The molecule has 0 aliphatic rings. The zero-order chi connectivity index (χ0) is 16.1. The molecule has 2 aromatic rings. The van der Waals surface area contributed by atoms with E-state index in [-0.39, 0.29) is 11.2 Å². The molecule has 0 bridgehead atoms. The second-order valence-electron chi connectivity index (χ2n) is 5.20. The maximum atomic E-state index is 12.3. The van der Waals surface area contributed by atoms with Crippen molar-refractivity contribution in [3.05, 3.63) is 53.6 Å². The number of thioether (sulfide) groups is 1. The van der Waals surface area contributed by atoms with Gasteiger partial charge in [-0.2, -0.15) is 0 Å². The molecule has 0 fully saturated rings. The quantitative estimate of drug-likeness (QED) is 0.829. The van der Waals surface area contributed by atoms with Crippen LogP contribution in [0.5, 0.6) is 5.75 Å². The molecular weight excluding hydrogens is 294 g/mol. The molecule has 2 rings (SSSR count). The number of para-hydroxylation sites is 2. The predicted molar refractivity (Wildman–Crippen MR) is 92.9 cm³/mol. The van der Waals surface area contributed by atoms with Crippen LogP contribution < -0.4 is 10.1 Å². The molecular formula is C18H21NO2S. The van der Waals surface area contributed by atoms with Crippen molar-refractivity contribution in [3.63, 3.8) is 0 Å². The van der Waals surface area contributed by atoms with Crippen LogP contribution in [0.1, 0.15) is 18.1 Å². The summed E-state index contributed by atoms with van der Waals surface area (Å²) in [6.07, 6.45) is 0. The number of hydrogen-bond acceptors (Lipinski definition) is 3. The summed E-state index contributed by atoms with van der Waals surface area (Å²) in [6.45, 7) is 6.07. The number of benzene rings is 2. The molecule has 0 aromatic heterocycles. The molecule has 0 saturated heterocycles. The lowest BCUT2D eigenvalue weighted by atomic mass is 10.1. The van der Waals surface area contributed by atoms with E-state index in [2.05, 4.69) is 37.4 Å². The smallest absolute Gasteiger partial charge is 0.237 e. The number of methoxy groups -OCH3 is 1. The first-order valence-corrected chi connectivity index (χ1v) is 8.07. The summed E-state index contributed by atoms with van der Waals surface area (Å²) in [4.78, 5) is 13.5. The number of anilines is 1. The van der Waals surface area contributed by atoms with Gasteiger partial charge in [-0.3, -0.25) is 4.79 Å². The molecule has 2 aromatic carbocycles. The Kier molecular flexibility index (Phi) is 5.50. The maximum absolute atomic E-state index is 12.3. The minimum Gasteiger partial charge on any atom is -0.495 e. The van der Waals surface area contributed by atoms with Gasteiger partial charge in [0, 0.05) is 4.90 Å². The van der Waals surface area contributed by atoms with Gasteiger partial charge in [0.1, 0.15) is 5.75 Å². The van der Waals surface area contributed by atoms with E-state index in [0.29, 0.717) is 11.4 Å². The van der Waals surface area contributed by atoms with Gasteiger partial charge in [0.15, 0.2) is 0 Å². The first-order chi connectivity index (χ1) is 10.5. The van der Waals surface area contributed by atoms with E-state index in [0.717, 1.165) is 4.90 Å². The SMILES string of the molecule is COc1ccccc1NC(=O)[C@H](C)Sc1ccc(C)c(C)c1. The Morgan fingerprint density at radius 3 is 2.55 bits per heavy atom. The van der Waals surface area contributed by atoms with Crippen molar-refractivity contribution >= 4 is 23.4 Å². The van der Waals surface area contributed by atoms with Crippen LogP contribution in [0, 0.1) is 13.8 Å². The third-order valence-electron chi connectivity index (χ3n) is 3.53. The Balaban J connectivity index is 2.04. The third-order valence-corrected chi connectivity index (χ3v) is 4.62. The highest BCUT2D eigenvalue weighted by molar-refractivity contribution is 8.00. The van der Waals surface area contributed by atoms with Crippen LogP contribution >= 0.6 is 11.8 Å². The van der Waals surface area contributed by atoms with Gasteiger partial charge < -0.3 is 10.1 Å². The summed E-state index contributed by atoms with van der Waals surface area (Å²) in [5, 5.41) is 2.73. The number of carbonyl (C=O) groups excluding carboxylic acids is 1. The Morgan fingerprint density at radius 2 is 1.86 bits per heavy atom. The summed E-state index contributed by atoms with van der Waals surface area (Å²) in [5.74, 6) is 0.631. The molecule has 3 nitrogen and oxygen atoms in total. The summed E-state index contributed by atoms with van der Waals surface area (Å²) in [5.41, 5.74) is 3.19. The Hall–Kier alpha value is -1.94. The molecule has 0 aliphatic carbocycles. The average Bonchev–Trinajstić information content (AvgIpc) is 2.51. The number of amides is 1. The van der Waals surface area contributed by atoms with Gasteiger partial charge >= 0.3 is 0 Å². The van der Waals surface area contributed by atoms with E-state index in [1.165, 1.54) is 11.1 Å². The normalized spacial score (nSPS) is 11.8. The number of ether oxygens (including phenoxy) is 1. The van der Waals surface area contributed by atoms with Crippen LogP contribution in [0.4, 0.5) is 5.69 Å². The fourth-order valence-electron chi connectivity index (χ4n) is 2.03. The average molecular weight is 315 g/mol. The van der Waals surface area contributed by atoms with Crippen LogP contribution in [0.2, 0.25) is 0 Å². The van der Waals surface area contributed by atoms with Gasteiger partial charge in [-0.05, 0) is 56.2 Å². The van der Waals surface area contributed by atoms with E-state index in [1.54, 1.807) is 18.9 Å². The van der Waals surface area contributed by atoms with Crippen molar-refractivity contribution in [3.8, 4) is 5.75 Å². The summed E-state index contributed by atoms with van der Waals surface area (Å²) in [7, 11) is 1.60. The first-order valence-electron chi connectivity index (χ1n) is 7.19. The summed E-state index contributed by atoms with van der Waals surface area (Å²) >= 11 is 1.55. The molecule has 0 spiro atoms.